The number of halogens is 4. The Morgan fingerprint density at radius 1 is 1.32 bits per heavy atom. The van der Waals surface area contributed by atoms with Gasteiger partial charge in [-0.25, -0.2) is 18.0 Å². The van der Waals surface area contributed by atoms with E-state index in [1.54, 1.807) is 4.90 Å². The van der Waals surface area contributed by atoms with Crippen molar-refractivity contribution in [1.82, 2.24) is 4.57 Å². The van der Waals surface area contributed by atoms with Crippen molar-refractivity contribution in [2.75, 3.05) is 31.8 Å². The number of carboxylic acid groups (broad SMARTS) is 1. The first-order valence-electron chi connectivity index (χ1n) is 9.97. The second-order valence-electron chi connectivity index (χ2n) is 8.06. The molecule has 0 radical (unpaired) electrons. The van der Waals surface area contributed by atoms with Crippen LogP contribution in [0.3, 0.4) is 0 Å². The van der Waals surface area contributed by atoms with Crippen molar-refractivity contribution in [2.45, 2.75) is 32.0 Å². The van der Waals surface area contributed by atoms with Crippen molar-refractivity contribution in [2.24, 2.45) is 11.8 Å². The Balaban J connectivity index is 0.00000272. The third-order valence-electron chi connectivity index (χ3n) is 6.01. The van der Waals surface area contributed by atoms with Crippen LogP contribution in [0.15, 0.2) is 17.1 Å². The molecule has 4 rings (SSSR count). The van der Waals surface area contributed by atoms with Gasteiger partial charge < -0.3 is 19.3 Å². The van der Waals surface area contributed by atoms with Gasteiger partial charge in [0, 0.05) is 25.2 Å². The van der Waals surface area contributed by atoms with E-state index in [0.717, 1.165) is 31.5 Å². The van der Waals surface area contributed by atoms with Crippen molar-refractivity contribution in [1.29, 1.82) is 0 Å². The van der Waals surface area contributed by atoms with Crippen LogP contribution in [-0.2, 0) is 6.54 Å². The average molecular weight is 461 g/mol. The summed E-state index contributed by atoms with van der Waals surface area (Å²) in [4.78, 5) is 25.6. The van der Waals surface area contributed by atoms with Gasteiger partial charge >= 0.3 is 5.97 Å². The lowest BCUT2D eigenvalue weighted by Crippen LogP contribution is -2.24. The van der Waals surface area contributed by atoms with E-state index in [4.69, 9.17) is 4.74 Å². The topological polar surface area (TPSA) is 71.8 Å². The van der Waals surface area contributed by atoms with E-state index < -0.39 is 35.6 Å². The molecule has 0 spiro atoms. The van der Waals surface area contributed by atoms with Crippen LogP contribution in [0.25, 0.3) is 10.9 Å². The van der Waals surface area contributed by atoms with Crippen molar-refractivity contribution in [3.8, 4) is 5.75 Å². The maximum atomic E-state index is 15.2. The largest absolute Gasteiger partial charge is 0.492 e. The Kier molecular flexibility index (Phi) is 6.73. The molecule has 1 N–H and O–H groups in total. The fourth-order valence-corrected chi connectivity index (χ4v) is 4.41. The number of alkyl halides is 2. The maximum Gasteiger partial charge on any atom is 0.341 e. The number of carbonyl (C=O) groups is 1. The van der Waals surface area contributed by atoms with Crippen molar-refractivity contribution >= 4 is 35.0 Å². The van der Waals surface area contributed by atoms with Crippen LogP contribution in [0.1, 0.15) is 29.6 Å². The Morgan fingerprint density at radius 2 is 2.03 bits per heavy atom. The van der Waals surface area contributed by atoms with Crippen LogP contribution >= 0.6 is 12.4 Å². The molecule has 170 valence electrons. The molecule has 2 atom stereocenters. The van der Waals surface area contributed by atoms with Gasteiger partial charge in [-0.2, -0.15) is 0 Å². The van der Waals surface area contributed by atoms with Crippen LogP contribution in [0.2, 0.25) is 0 Å². The van der Waals surface area contributed by atoms with E-state index in [-0.39, 0.29) is 53.8 Å². The van der Waals surface area contributed by atoms with Crippen LogP contribution in [0.5, 0.6) is 5.75 Å². The number of ether oxygens (including phenoxy) is 1. The number of fused-ring (bicyclic) bond motifs is 1. The Hall–Kier alpha value is -2.42. The highest BCUT2D eigenvalue weighted by Gasteiger charge is 2.39. The molecule has 1 aliphatic heterocycles. The minimum absolute atomic E-state index is 0. The van der Waals surface area contributed by atoms with Crippen LogP contribution in [0, 0.1) is 17.7 Å². The van der Waals surface area contributed by atoms with E-state index in [1.807, 2.05) is 0 Å². The Bertz CT molecular complexity index is 1060. The van der Waals surface area contributed by atoms with E-state index in [9.17, 15) is 23.5 Å². The van der Waals surface area contributed by atoms with Gasteiger partial charge in [0.25, 0.3) is 0 Å². The number of benzene rings is 1. The molecular weight excluding hydrogens is 437 g/mol. The van der Waals surface area contributed by atoms with Crippen molar-refractivity contribution in [3.05, 3.63) is 33.9 Å². The molecule has 10 heteroatoms. The zero-order valence-electron chi connectivity index (χ0n) is 16.9. The van der Waals surface area contributed by atoms with E-state index in [2.05, 4.69) is 0 Å². The minimum atomic E-state index is -1.49. The summed E-state index contributed by atoms with van der Waals surface area (Å²) in [5.74, 6) is -1.99. The number of pyridine rings is 1. The van der Waals surface area contributed by atoms with Gasteiger partial charge in [-0.15, -0.1) is 12.4 Å². The number of hydrogen-bond donors (Lipinski definition) is 1. The fraction of sp³-hybridized carbons (Fsp3) is 0.524. The molecule has 2 heterocycles. The van der Waals surface area contributed by atoms with Gasteiger partial charge in [0.2, 0.25) is 5.43 Å². The molecule has 2 fully saturated rings. The normalized spacial score (nSPS) is 20.7. The lowest BCUT2D eigenvalue weighted by Gasteiger charge is -2.24. The standard InChI is InChI=1S/C21H23F3N2O4.ClH/c1-30-20-17-13(19(27)14(21(28)29)9-25(17)5-4-22)7-15(23)18(20)26-8-12(16(24)10-26)6-11-2-3-11;/h7,9,11-12,16H,2-6,8,10H2,1H3,(H,28,29);1H/t12-,16+;/m0./s1. The fourth-order valence-electron chi connectivity index (χ4n) is 4.41. The van der Waals surface area contributed by atoms with Crippen molar-refractivity contribution in [3.63, 3.8) is 0 Å². The lowest BCUT2D eigenvalue weighted by molar-refractivity contribution is 0.0694. The number of rotatable bonds is 7. The average Bonchev–Trinajstić information content (AvgIpc) is 3.44. The monoisotopic (exact) mass is 460 g/mol. The maximum absolute atomic E-state index is 15.2. The van der Waals surface area contributed by atoms with Crippen LogP contribution in [-0.4, -0.2) is 48.7 Å². The summed E-state index contributed by atoms with van der Waals surface area (Å²) < 4.78 is 49.6. The summed E-state index contributed by atoms with van der Waals surface area (Å²) in [7, 11) is 1.29. The Morgan fingerprint density at radius 3 is 2.61 bits per heavy atom. The molecule has 31 heavy (non-hydrogen) atoms. The van der Waals surface area contributed by atoms with E-state index in [1.165, 1.54) is 11.7 Å². The first-order valence-corrected chi connectivity index (χ1v) is 9.97. The van der Waals surface area contributed by atoms with Gasteiger partial charge in [-0.3, -0.25) is 4.79 Å². The molecule has 1 saturated heterocycles. The summed E-state index contributed by atoms with van der Waals surface area (Å²) in [5, 5.41) is 9.08. The number of aromatic carboxylic acids is 1. The molecule has 0 amide bonds. The first-order chi connectivity index (χ1) is 14.3. The third kappa shape index (κ3) is 4.20. The minimum Gasteiger partial charge on any atom is -0.492 e. The summed E-state index contributed by atoms with van der Waals surface area (Å²) in [6.45, 7) is -0.755. The van der Waals surface area contributed by atoms with E-state index >= 15 is 4.39 Å². The summed E-state index contributed by atoms with van der Waals surface area (Å²) in [6.07, 6.45) is 2.88. The van der Waals surface area contributed by atoms with Gasteiger partial charge in [0.15, 0.2) is 11.6 Å². The molecule has 6 nitrogen and oxygen atoms in total. The zero-order chi connectivity index (χ0) is 21.6. The molecule has 1 aromatic carbocycles. The Labute approximate surface area is 183 Å². The molecule has 1 saturated carbocycles. The second kappa shape index (κ2) is 8.98. The zero-order valence-corrected chi connectivity index (χ0v) is 17.8. The van der Waals surface area contributed by atoms with Crippen LogP contribution in [0.4, 0.5) is 18.9 Å². The SMILES string of the molecule is COc1c(N2C[C@H](CC3CC3)[C@H](F)C2)c(F)cc2c(=O)c(C(=O)O)cn(CCF)c12.Cl. The summed E-state index contributed by atoms with van der Waals surface area (Å²) in [6, 6.07) is 0.943. The first kappa shape index (κ1) is 23.2. The number of aryl methyl sites for hydroxylation is 1. The van der Waals surface area contributed by atoms with Gasteiger partial charge in [0.1, 0.15) is 24.1 Å². The van der Waals surface area contributed by atoms with E-state index in [0.29, 0.717) is 12.5 Å². The number of anilines is 1. The van der Waals surface area contributed by atoms with Gasteiger partial charge in [0.05, 0.1) is 24.6 Å². The number of nitrogens with zero attached hydrogens (tertiary/aromatic N) is 2. The molecule has 1 aliphatic carbocycles. The second-order valence-corrected chi connectivity index (χ2v) is 8.06. The smallest absolute Gasteiger partial charge is 0.341 e. The number of methoxy groups -OCH3 is 1. The summed E-state index contributed by atoms with van der Waals surface area (Å²) >= 11 is 0. The predicted molar refractivity (Wildman–Crippen MR) is 113 cm³/mol. The number of aromatic nitrogens is 1. The molecule has 0 unspecified atom stereocenters. The number of carboxylic acids is 1. The highest BCUT2D eigenvalue weighted by molar-refractivity contribution is 5.97. The third-order valence-corrected chi connectivity index (χ3v) is 6.01. The lowest BCUT2D eigenvalue weighted by atomic mass is 10.0. The van der Waals surface area contributed by atoms with Crippen LogP contribution < -0.4 is 15.1 Å². The van der Waals surface area contributed by atoms with Gasteiger partial charge in [-0.05, 0) is 18.4 Å². The van der Waals surface area contributed by atoms with Crippen molar-refractivity contribution < 1.29 is 27.8 Å². The highest BCUT2D eigenvalue weighted by Crippen LogP contribution is 2.43. The highest BCUT2D eigenvalue weighted by atomic mass is 35.5. The number of hydrogen-bond acceptors (Lipinski definition) is 4. The summed E-state index contributed by atoms with van der Waals surface area (Å²) in [5.41, 5.74) is -1.35. The molecule has 2 aliphatic rings. The van der Waals surface area contributed by atoms with Gasteiger partial charge in [-0.1, -0.05) is 12.8 Å². The molecule has 2 aromatic rings. The molecule has 1 aromatic heterocycles. The molecular formula is C21H24ClF3N2O4. The molecule has 0 bridgehead atoms. The predicted octanol–water partition coefficient (Wildman–Crippen LogP) is 3.81. The quantitative estimate of drug-likeness (QED) is 0.680.